The normalized spacial score (nSPS) is 24.1. The SMILES string of the molecule is CCC1(C)CN(c2cc(Br)ccc2OC)CCCN1. The van der Waals surface area contributed by atoms with Crippen LogP contribution in [0.3, 0.4) is 0 Å². The molecule has 2 rings (SSSR count). The van der Waals surface area contributed by atoms with Crippen LogP contribution in [0, 0.1) is 0 Å². The average molecular weight is 327 g/mol. The predicted molar refractivity (Wildman–Crippen MR) is 84.2 cm³/mol. The Morgan fingerprint density at radius 1 is 1.47 bits per heavy atom. The summed E-state index contributed by atoms with van der Waals surface area (Å²) in [7, 11) is 1.74. The summed E-state index contributed by atoms with van der Waals surface area (Å²) in [5, 5.41) is 3.67. The smallest absolute Gasteiger partial charge is 0.142 e. The molecule has 0 aromatic heterocycles. The fourth-order valence-corrected chi connectivity index (χ4v) is 2.92. The Bertz CT molecular complexity index is 438. The Labute approximate surface area is 124 Å². The van der Waals surface area contributed by atoms with E-state index in [0.29, 0.717) is 0 Å². The van der Waals surface area contributed by atoms with Crippen LogP contribution in [0.1, 0.15) is 26.7 Å². The summed E-state index contributed by atoms with van der Waals surface area (Å²) in [5.41, 5.74) is 1.35. The van der Waals surface area contributed by atoms with Crippen molar-refractivity contribution >= 4 is 21.6 Å². The predicted octanol–water partition coefficient (Wildman–Crippen LogP) is 3.43. The largest absolute Gasteiger partial charge is 0.495 e. The van der Waals surface area contributed by atoms with E-state index in [1.807, 2.05) is 12.1 Å². The Morgan fingerprint density at radius 2 is 2.26 bits per heavy atom. The van der Waals surface area contributed by atoms with Gasteiger partial charge in [0.15, 0.2) is 0 Å². The first-order chi connectivity index (χ1) is 9.08. The van der Waals surface area contributed by atoms with Gasteiger partial charge in [0.25, 0.3) is 0 Å². The zero-order valence-electron chi connectivity index (χ0n) is 12.0. The molecular weight excluding hydrogens is 304 g/mol. The van der Waals surface area contributed by atoms with Crippen LogP contribution in [0.4, 0.5) is 5.69 Å². The minimum atomic E-state index is 0.170. The highest BCUT2D eigenvalue weighted by molar-refractivity contribution is 9.10. The van der Waals surface area contributed by atoms with E-state index in [1.165, 1.54) is 5.69 Å². The van der Waals surface area contributed by atoms with Crippen molar-refractivity contribution in [2.45, 2.75) is 32.2 Å². The van der Waals surface area contributed by atoms with Crippen LogP contribution in [0.15, 0.2) is 22.7 Å². The molecule has 1 aromatic rings. The topological polar surface area (TPSA) is 24.5 Å². The summed E-state index contributed by atoms with van der Waals surface area (Å²) in [6, 6.07) is 6.21. The third kappa shape index (κ3) is 3.42. The molecule has 1 unspecified atom stereocenters. The molecular formula is C15H23BrN2O. The van der Waals surface area contributed by atoms with Crippen LogP contribution in [-0.4, -0.2) is 32.3 Å². The van der Waals surface area contributed by atoms with Crippen molar-refractivity contribution < 1.29 is 4.74 Å². The Morgan fingerprint density at radius 3 is 2.95 bits per heavy atom. The third-order valence-electron chi connectivity index (χ3n) is 3.96. The van der Waals surface area contributed by atoms with Gasteiger partial charge in [-0.25, -0.2) is 0 Å². The highest BCUT2D eigenvalue weighted by Crippen LogP contribution is 2.33. The van der Waals surface area contributed by atoms with Crippen molar-refractivity contribution in [1.29, 1.82) is 0 Å². The number of halogens is 1. The molecule has 19 heavy (non-hydrogen) atoms. The number of nitrogens with one attached hydrogen (secondary N) is 1. The molecule has 0 radical (unpaired) electrons. The Kier molecular flexibility index (Phi) is 4.74. The highest BCUT2D eigenvalue weighted by atomic mass is 79.9. The van der Waals surface area contributed by atoms with Crippen molar-refractivity contribution in [1.82, 2.24) is 5.32 Å². The van der Waals surface area contributed by atoms with Gasteiger partial charge in [-0.3, -0.25) is 0 Å². The standard InChI is InChI=1S/C15H23BrN2O/c1-4-15(2)11-18(9-5-8-17-15)13-10-12(16)6-7-14(13)19-3/h6-7,10,17H,4-5,8-9,11H2,1-3H3. The molecule has 1 aliphatic heterocycles. The van der Waals surface area contributed by atoms with Gasteiger partial charge in [-0.15, -0.1) is 0 Å². The maximum atomic E-state index is 5.51. The third-order valence-corrected chi connectivity index (χ3v) is 4.45. The first kappa shape index (κ1) is 14.7. The van der Waals surface area contributed by atoms with Gasteiger partial charge in [-0.05, 0) is 44.5 Å². The van der Waals surface area contributed by atoms with Crippen LogP contribution in [-0.2, 0) is 0 Å². The van der Waals surface area contributed by atoms with E-state index in [9.17, 15) is 0 Å². The van der Waals surface area contributed by atoms with Gasteiger partial charge in [0.2, 0.25) is 0 Å². The van der Waals surface area contributed by atoms with E-state index in [1.54, 1.807) is 7.11 Å². The molecule has 3 nitrogen and oxygen atoms in total. The lowest BCUT2D eigenvalue weighted by Crippen LogP contribution is -2.48. The van der Waals surface area contributed by atoms with E-state index < -0.39 is 0 Å². The number of ether oxygens (including phenoxy) is 1. The summed E-state index contributed by atoms with van der Waals surface area (Å²) in [6.07, 6.45) is 2.28. The van der Waals surface area contributed by atoms with E-state index in [0.717, 1.165) is 42.7 Å². The highest BCUT2D eigenvalue weighted by Gasteiger charge is 2.28. The lowest BCUT2D eigenvalue weighted by atomic mass is 9.98. The summed E-state index contributed by atoms with van der Waals surface area (Å²) in [4.78, 5) is 2.44. The number of nitrogens with zero attached hydrogens (tertiary/aromatic N) is 1. The minimum Gasteiger partial charge on any atom is -0.495 e. The van der Waals surface area contributed by atoms with Gasteiger partial charge in [0, 0.05) is 23.1 Å². The fourth-order valence-electron chi connectivity index (χ4n) is 2.57. The van der Waals surface area contributed by atoms with E-state index in [-0.39, 0.29) is 5.54 Å². The van der Waals surface area contributed by atoms with Crippen molar-refractivity contribution in [2.24, 2.45) is 0 Å². The van der Waals surface area contributed by atoms with Gasteiger partial charge in [-0.1, -0.05) is 22.9 Å². The zero-order valence-corrected chi connectivity index (χ0v) is 13.6. The van der Waals surface area contributed by atoms with Gasteiger partial charge < -0.3 is 15.0 Å². The minimum absolute atomic E-state index is 0.170. The molecule has 1 heterocycles. The monoisotopic (exact) mass is 326 g/mol. The second-order valence-electron chi connectivity index (χ2n) is 5.43. The molecule has 4 heteroatoms. The van der Waals surface area contributed by atoms with Crippen LogP contribution < -0.4 is 15.0 Å². The summed E-state index contributed by atoms with van der Waals surface area (Å²) < 4.78 is 6.61. The van der Waals surface area contributed by atoms with Crippen LogP contribution in [0.5, 0.6) is 5.75 Å². The Balaban J connectivity index is 2.31. The van der Waals surface area contributed by atoms with Gasteiger partial charge in [-0.2, -0.15) is 0 Å². The number of rotatable bonds is 3. The number of hydrogen-bond donors (Lipinski definition) is 1. The first-order valence-electron chi connectivity index (χ1n) is 6.91. The summed E-state index contributed by atoms with van der Waals surface area (Å²) in [5.74, 6) is 0.948. The molecule has 0 spiro atoms. The quantitative estimate of drug-likeness (QED) is 0.921. The van der Waals surface area contributed by atoms with Gasteiger partial charge in [0.1, 0.15) is 5.75 Å². The van der Waals surface area contributed by atoms with Crippen LogP contribution in [0.2, 0.25) is 0 Å². The van der Waals surface area contributed by atoms with E-state index >= 15 is 0 Å². The summed E-state index contributed by atoms with van der Waals surface area (Å²) in [6.45, 7) is 7.70. The fraction of sp³-hybridized carbons (Fsp3) is 0.600. The van der Waals surface area contributed by atoms with Crippen LogP contribution >= 0.6 is 15.9 Å². The first-order valence-corrected chi connectivity index (χ1v) is 7.71. The number of hydrogen-bond acceptors (Lipinski definition) is 3. The molecule has 1 fully saturated rings. The maximum absolute atomic E-state index is 5.51. The molecule has 1 N–H and O–H groups in total. The summed E-state index contributed by atoms with van der Waals surface area (Å²) >= 11 is 3.56. The lowest BCUT2D eigenvalue weighted by Gasteiger charge is -2.34. The molecule has 1 aliphatic rings. The molecule has 1 saturated heterocycles. The number of methoxy groups -OCH3 is 1. The van der Waals surface area contributed by atoms with Crippen molar-refractivity contribution in [2.75, 3.05) is 31.6 Å². The number of benzene rings is 1. The molecule has 0 saturated carbocycles. The second kappa shape index (κ2) is 6.14. The molecule has 0 aliphatic carbocycles. The second-order valence-corrected chi connectivity index (χ2v) is 6.35. The zero-order chi connectivity index (χ0) is 13.9. The van der Waals surface area contributed by atoms with Crippen molar-refractivity contribution in [3.05, 3.63) is 22.7 Å². The van der Waals surface area contributed by atoms with Crippen LogP contribution in [0.25, 0.3) is 0 Å². The molecule has 0 amide bonds. The molecule has 0 bridgehead atoms. The van der Waals surface area contributed by atoms with Crippen molar-refractivity contribution in [3.8, 4) is 5.75 Å². The van der Waals surface area contributed by atoms with Crippen molar-refractivity contribution in [3.63, 3.8) is 0 Å². The van der Waals surface area contributed by atoms with Gasteiger partial charge >= 0.3 is 0 Å². The Hall–Kier alpha value is -0.740. The maximum Gasteiger partial charge on any atom is 0.142 e. The average Bonchev–Trinajstić information content (AvgIpc) is 2.61. The molecule has 1 atom stereocenters. The molecule has 1 aromatic carbocycles. The lowest BCUT2D eigenvalue weighted by molar-refractivity contribution is 0.364. The molecule has 106 valence electrons. The van der Waals surface area contributed by atoms with E-state index in [4.69, 9.17) is 4.74 Å². The van der Waals surface area contributed by atoms with Gasteiger partial charge in [0.05, 0.1) is 12.8 Å². The van der Waals surface area contributed by atoms with E-state index in [2.05, 4.69) is 46.1 Å². The number of anilines is 1.